The fourth-order valence-corrected chi connectivity index (χ4v) is 1.06. The van der Waals surface area contributed by atoms with Gasteiger partial charge in [0.25, 0.3) is 0 Å². The molecule has 1 aromatic rings. The second kappa shape index (κ2) is 3.16. The van der Waals surface area contributed by atoms with Crippen LogP contribution in [0.1, 0.15) is 0 Å². The number of hydrogen-bond donors (Lipinski definition) is 1. The number of rotatable bonds is 1. The summed E-state index contributed by atoms with van der Waals surface area (Å²) >= 11 is 0. The van der Waals surface area contributed by atoms with E-state index in [9.17, 15) is 8.42 Å². The summed E-state index contributed by atoms with van der Waals surface area (Å²) in [7, 11) is -2.78. The van der Waals surface area contributed by atoms with E-state index >= 15 is 0 Å². The van der Waals surface area contributed by atoms with Crippen molar-refractivity contribution >= 4 is 22.5 Å². The number of aromatic nitrogens is 3. The van der Waals surface area contributed by atoms with Crippen LogP contribution < -0.4 is 0 Å². The third kappa shape index (κ3) is 2.14. The summed E-state index contributed by atoms with van der Waals surface area (Å²) < 4.78 is 30.1. The van der Waals surface area contributed by atoms with Crippen molar-refractivity contribution in [3.63, 3.8) is 0 Å². The molecular weight excluding hydrogens is 194 g/mol. The van der Waals surface area contributed by atoms with Gasteiger partial charge in [-0.25, -0.2) is 4.68 Å². The normalized spacial score (nSPS) is 10.7. The number of halogens is 1. The Morgan fingerprint density at radius 3 is 2.36 bits per heavy atom. The SMILES string of the molecule is Cl.Cn1nncc1S(=O)(=O)O. The van der Waals surface area contributed by atoms with Crippen LogP contribution >= 0.6 is 12.4 Å². The fourth-order valence-electron chi connectivity index (χ4n) is 0.514. The molecule has 0 aromatic carbocycles. The first-order chi connectivity index (χ1) is 4.52. The van der Waals surface area contributed by atoms with Crippen molar-refractivity contribution in [2.45, 2.75) is 5.03 Å². The van der Waals surface area contributed by atoms with E-state index in [4.69, 9.17) is 4.55 Å². The minimum absolute atomic E-state index is 0. The maximum absolute atomic E-state index is 10.4. The largest absolute Gasteiger partial charge is 0.313 e. The molecule has 1 N–H and O–H groups in total. The Kier molecular flexibility index (Phi) is 2.97. The van der Waals surface area contributed by atoms with Gasteiger partial charge in [0, 0.05) is 7.05 Å². The monoisotopic (exact) mass is 199 g/mol. The van der Waals surface area contributed by atoms with Crippen LogP contribution in [0.4, 0.5) is 0 Å². The standard InChI is InChI=1S/C3H5N3O3S.ClH/c1-6-3(2-4-5-6)10(7,8)9;/h2H,1H3,(H,7,8,9);1H. The Bertz CT molecular complexity index is 331. The van der Waals surface area contributed by atoms with Crippen molar-refractivity contribution in [3.05, 3.63) is 6.20 Å². The number of aryl methyl sites for hydroxylation is 1. The van der Waals surface area contributed by atoms with Crippen molar-refractivity contribution in [3.8, 4) is 0 Å². The van der Waals surface area contributed by atoms with Crippen LogP contribution in [0, 0.1) is 0 Å². The van der Waals surface area contributed by atoms with Crippen LogP contribution in [0.2, 0.25) is 0 Å². The zero-order chi connectivity index (χ0) is 7.78. The van der Waals surface area contributed by atoms with Gasteiger partial charge in [0.15, 0.2) is 0 Å². The molecule has 1 heterocycles. The summed E-state index contributed by atoms with van der Waals surface area (Å²) in [6, 6.07) is 0. The minimum Gasteiger partial charge on any atom is -0.281 e. The topological polar surface area (TPSA) is 85.1 Å². The molecule has 0 aliphatic rings. The molecule has 0 atom stereocenters. The highest BCUT2D eigenvalue weighted by atomic mass is 35.5. The molecule has 0 unspecified atom stereocenters. The third-order valence-electron chi connectivity index (χ3n) is 0.937. The van der Waals surface area contributed by atoms with Crippen molar-refractivity contribution in [2.75, 3.05) is 0 Å². The Hall–Kier alpha value is -0.660. The van der Waals surface area contributed by atoms with Gasteiger partial charge >= 0.3 is 10.1 Å². The van der Waals surface area contributed by atoms with Crippen LogP contribution in [0.25, 0.3) is 0 Å². The van der Waals surface area contributed by atoms with E-state index in [1.54, 1.807) is 0 Å². The lowest BCUT2D eigenvalue weighted by Crippen LogP contribution is -2.05. The lowest BCUT2D eigenvalue weighted by Gasteiger charge is -1.92. The molecule has 0 saturated heterocycles. The smallest absolute Gasteiger partial charge is 0.281 e. The maximum Gasteiger partial charge on any atom is 0.313 e. The average Bonchev–Trinajstić information content (AvgIpc) is 2.11. The Balaban J connectivity index is 0.000001000. The van der Waals surface area contributed by atoms with E-state index in [2.05, 4.69) is 10.3 Å². The first kappa shape index (κ1) is 10.3. The second-order valence-corrected chi connectivity index (χ2v) is 3.04. The average molecular weight is 200 g/mol. The molecule has 0 aliphatic heterocycles. The van der Waals surface area contributed by atoms with Crippen LogP contribution in [0.3, 0.4) is 0 Å². The quantitative estimate of drug-likeness (QED) is 0.616. The lowest BCUT2D eigenvalue weighted by atomic mass is 10.9. The molecule has 1 aromatic heterocycles. The van der Waals surface area contributed by atoms with E-state index < -0.39 is 10.1 Å². The van der Waals surface area contributed by atoms with Gasteiger partial charge in [-0.2, -0.15) is 8.42 Å². The van der Waals surface area contributed by atoms with Crippen molar-refractivity contribution in [1.29, 1.82) is 0 Å². The van der Waals surface area contributed by atoms with Crippen LogP contribution in [-0.4, -0.2) is 28.0 Å². The van der Waals surface area contributed by atoms with E-state index in [0.717, 1.165) is 10.9 Å². The van der Waals surface area contributed by atoms with Crippen LogP contribution in [0.5, 0.6) is 0 Å². The molecule has 11 heavy (non-hydrogen) atoms. The molecule has 64 valence electrons. The van der Waals surface area contributed by atoms with Crippen LogP contribution in [0.15, 0.2) is 11.2 Å². The summed E-state index contributed by atoms with van der Waals surface area (Å²) in [6.07, 6.45) is 0.968. The van der Waals surface area contributed by atoms with Gasteiger partial charge in [-0.1, -0.05) is 5.21 Å². The van der Waals surface area contributed by atoms with Crippen molar-refractivity contribution in [2.24, 2.45) is 7.05 Å². The molecule has 0 fully saturated rings. The predicted octanol–water partition coefficient (Wildman–Crippen LogP) is -0.516. The second-order valence-electron chi connectivity index (χ2n) is 1.67. The molecular formula is C3H6ClN3O3S. The molecule has 6 nitrogen and oxygen atoms in total. The van der Waals surface area contributed by atoms with E-state index in [1.165, 1.54) is 7.05 Å². The molecule has 0 amide bonds. The summed E-state index contributed by atoms with van der Waals surface area (Å²) in [4.78, 5) is 0. The molecule has 0 radical (unpaired) electrons. The number of nitrogens with zero attached hydrogens (tertiary/aromatic N) is 3. The fraction of sp³-hybridized carbons (Fsp3) is 0.333. The zero-order valence-electron chi connectivity index (χ0n) is 5.50. The highest BCUT2D eigenvalue weighted by Gasteiger charge is 2.13. The zero-order valence-corrected chi connectivity index (χ0v) is 7.13. The Labute approximate surface area is 69.4 Å². The first-order valence-electron chi connectivity index (χ1n) is 2.34. The minimum atomic E-state index is -4.15. The van der Waals surface area contributed by atoms with E-state index in [1.807, 2.05) is 0 Å². The number of hydrogen-bond acceptors (Lipinski definition) is 4. The maximum atomic E-state index is 10.4. The molecule has 0 aliphatic carbocycles. The van der Waals surface area contributed by atoms with Crippen molar-refractivity contribution in [1.82, 2.24) is 15.0 Å². The van der Waals surface area contributed by atoms with E-state index in [0.29, 0.717) is 0 Å². The summed E-state index contributed by atoms with van der Waals surface area (Å²) in [5, 5.41) is 6.26. The molecule has 0 bridgehead atoms. The van der Waals surface area contributed by atoms with Gasteiger partial charge in [-0.05, 0) is 0 Å². The molecule has 8 heteroatoms. The summed E-state index contributed by atoms with van der Waals surface area (Å²) in [6.45, 7) is 0. The van der Waals surface area contributed by atoms with Gasteiger partial charge in [-0.3, -0.25) is 4.55 Å². The highest BCUT2D eigenvalue weighted by molar-refractivity contribution is 7.85. The highest BCUT2D eigenvalue weighted by Crippen LogP contribution is 2.01. The van der Waals surface area contributed by atoms with Gasteiger partial charge in [-0.15, -0.1) is 17.5 Å². The van der Waals surface area contributed by atoms with Gasteiger partial charge in [0.05, 0.1) is 6.20 Å². The van der Waals surface area contributed by atoms with E-state index in [-0.39, 0.29) is 17.4 Å². The van der Waals surface area contributed by atoms with Gasteiger partial charge < -0.3 is 0 Å². The predicted molar refractivity (Wildman–Crippen MR) is 38.1 cm³/mol. The summed E-state index contributed by atoms with van der Waals surface area (Å²) in [5.41, 5.74) is 0. The van der Waals surface area contributed by atoms with Gasteiger partial charge in [0.2, 0.25) is 5.03 Å². The first-order valence-corrected chi connectivity index (χ1v) is 3.78. The Morgan fingerprint density at radius 1 is 1.64 bits per heavy atom. The van der Waals surface area contributed by atoms with Gasteiger partial charge in [0.1, 0.15) is 0 Å². The Morgan fingerprint density at radius 2 is 2.18 bits per heavy atom. The third-order valence-corrected chi connectivity index (χ3v) is 1.84. The van der Waals surface area contributed by atoms with Crippen LogP contribution in [-0.2, 0) is 17.2 Å². The van der Waals surface area contributed by atoms with Crippen molar-refractivity contribution < 1.29 is 13.0 Å². The molecule has 0 saturated carbocycles. The molecule has 1 rings (SSSR count). The lowest BCUT2D eigenvalue weighted by molar-refractivity contribution is 0.470. The summed E-state index contributed by atoms with van der Waals surface area (Å²) in [5.74, 6) is 0. The molecule has 0 spiro atoms.